The van der Waals surface area contributed by atoms with Gasteiger partial charge in [0.1, 0.15) is 0 Å². The first-order valence-electron chi connectivity index (χ1n) is 11.4. The summed E-state index contributed by atoms with van der Waals surface area (Å²) < 4.78 is 0. The SMILES string of the molecule is CCCCCCCCCCc1ccc(C(=O)/C(O)=C(\NC)c2cc(O)c(O)c(O)c2)cc1. The Balaban J connectivity index is 1.98. The van der Waals surface area contributed by atoms with Gasteiger partial charge >= 0.3 is 0 Å². The zero-order chi connectivity index (χ0) is 23.5. The summed E-state index contributed by atoms with van der Waals surface area (Å²) in [6.07, 6.45) is 11.1. The third kappa shape index (κ3) is 6.94. The first-order chi connectivity index (χ1) is 15.4. The smallest absolute Gasteiger partial charge is 0.229 e. The molecule has 6 nitrogen and oxygen atoms in total. The van der Waals surface area contributed by atoms with Gasteiger partial charge < -0.3 is 25.7 Å². The number of aryl methyl sites for hydroxylation is 1. The number of unbranched alkanes of at least 4 members (excludes halogenated alkanes) is 7. The van der Waals surface area contributed by atoms with Crippen LogP contribution in [-0.4, -0.2) is 33.3 Å². The van der Waals surface area contributed by atoms with E-state index in [-0.39, 0.29) is 11.3 Å². The maximum absolute atomic E-state index is 12.8. The topological polar surface area (TPSA) is 110 Å². The fraction of sp³-hybridized carbons (Fsp3) is 0.423. The van der Waals surface area contributed by atoms with E-state index in [1.807, 2.05) is 12.1 Å². The number of aliphatic hydroxyl groups excluding tert-OH is 1. The van der Waals surface area contributed by atoms with Gasteiger partial charge in [0.15, 0.2) is 23.0 Å². The second kappa shape index (κ2) is 12.6. The monoisotopic (exact) mass is 441 g/mol. The summed E-state index contributed by atoms with van der Waals surface area (Å²) in [6, 6.07) is 9.49. The van der Waals surface area contributed by atoms with Crippen LogP contribution in [0.4, 0.5) is 0 Å². The Morgan fingerprint density at radius 3 is 1.88 bits per heavy atom. The van der Waals surface area contributed by atoms with Crippen molar-refractivity contribution in [2.24, 2.45) is 0 Å². The number of hydrogen-bond donors (Lipinski definition) is 5. The van der Waals surface area contributed by atoms with Crippen LogP contribution in [0.25, 0.3) is 5.70 Å². The maximum Gasteiger partial charge on any atom is 0.229 e. The van der Waals surface area contributed by atoms with E-state index in [0.717, 1.165) is 30.5 Å². The van der Waals surface area contributed by atoms with Crippen LogP contribution >= 0.6 is 0 Å². The number of phenols is 3. The summed E-state index contributed by atoms with van der Waals surface area (Å²) in [5, 5.41) is 42.2. The molecule has 0 radical (unpaired) electrons. The number of carbonyl (C=O) groups is 1. The Bertz CT molecular complexity index is 895. The van der Waals surface area contributed by atoms with Crippen LogP contribution in [0.2, 0.25) is 0 Å². The number of nitrogens with one attached hydrogen (secondary N) is 1. The van der Waals surface area contributed by atoms with Crippen molar-refractivity contribution < 1.29 is 25.2 Å². The van der Waals surface area contributed by atoms with Gasteiger partial charge in [-0.3, -0.25) is 4.79 Å². The van der Waals surface area contributed by atoms with E-state index < -0.39 is 28.8 Å². The molecule has 0 aliphatic rings. The lowest BCUT2D eigenvalue weighted by atomic mass is 10.0. The Kier molecular flexibility index (Phi) is 9.92. The van der Waals surface area contributed by atoms with Crippen LogP contribution in [0.15, 0.2) is 42.2 Å². The molecule has 0 aliphatic carbocycles. The predicted molar refractivity (Wildman–Crippen MR) is 127 cm³/mol. The van der Waals surface area contributed by atoms with Crippen molar-refractivity contribution in [1.29, 1.82) is 0 Å². The van der Waals surface area contributed by atoms with Crippen LogP contribution < -0.4 is 5.32 Å². The van der Waals surface area contributed by atoms with Gasteiger partial charge in [0.25, 0.3) is 0 Å². The van der Waals surface area contributed by atoms with Crippen LogP contribution in [0, 0.1) is 0 Å². The summed E-state index contributed by atoms with van der Waals surface area (Å²) in [5.41, 5.74) is 1.68. The molecule has 0 saturated heterocycles. The molecule has 0 aromatic heterocycles. The van der Waals surface area contributed by atoms with Crippen LogP contribution in [0.3, 0.4) is 0 Å². The fourth-order valence-electron chi connectivity index (χ4n) is 3.68. The number of allylic oxidation sites excluding steroid dienone is 1. The van der Waals surface area contributed by atoms with Gasteiger partial charge in [-0.2, -0.15) is 0 Å². The van der Waals surface area contributed by atoms with Crippen LogP contribution in [0.1, 0.15) is 79.8 Å². The molecular formula is C26H35NO5. The van der Waals surface area contributed by atoms with Crippen LogP contribution in [-0.2, 0) is 6.42 Å². The third-order valence-corrected chi connectivity index (χ3v) is 5.60. The van der Waals surface area contributed by atoms with Crippen molar-refractivity contribution >= 4 is 11.5 Å². The minimum Gasteiger partial charge on any atom is -0.504 e. The second-order valence-electron chi connectivity index (χ2n) is 8.09. The molecule has 6 heteroatoms. The van der Waals surface area contributed by atoms with E-state index in [1.54, 1.807) is 12.1 Å². The first kappa shape index (κ1) is 25.1. The van der Waals surface area contributed by atoms with Gasteiger partial charge in [-0.1, -0.05) is 76.1 Å². The fourth-order valence-corrected chi connectivity index (χ4v) is 3.68. The normalized spacial score (nSPS) is 11.8. The quantitative estimate of drug-likeness (QED) is 0.0881. The molecule has 5 N–H and O–H groups in total. The van der Waals surface area contributed by atoms with Crippen molar-refractivity contribution in [2.75, 3.05) is 7.05 Å². The lowest BCUT2D eigenvalue weighted by Crippen LogP contribution is -2.14. The zero-order valence-electron chi connectivity index (χ0n) is 19.0. The van der Waals surface area contributed by atoms with Gasteiger partial charge in [0, 0.05) is 18.2 Å². The minimum absolute atomic E-state index is 0.0311. The lowest BCUT2D eigenvalue weighted by molar-refractivity contribution is 0.0978. The number of benzene rings is 2. The molecule has 0 amide bonds. The molecule has 0 heterocycles. The third-order valence-electron chi connectivity index (χ3n) is 5.60. The predicted octanol–water partition coefficient (Wildman–Crippen LogP) is 5.82. The molecule has 0 saturated carbocycles. The largest absolute Gasteiger partial charge is 0.504 e. The lowest BCUT2D eigenvalue weighted by Gasteiger charge is -2.12. The van der Waals surface area contributed by atoms with E-state index in [9.17, 15) is 25.2 Å². The minimum atomic E-state index is -0.665. The Hall–Kier alpha value is -3.15. The molecule has 0 unspecified atom stereocenters. The van der Waals surface area contributed by atoms with Gasteiger partial charge in [-0.05, 0) is 30.5 Å². The van der Waals surface area contributed by atoms with Gasteiger partial charge in [-0.15, -0.1) is 0 Å². The van der Waals surface area contributed by atoms with E-state index >= 15 is 0 Å². The first-order valence-corrected chi connectivity index (χ1v) is 11.4. The summed E-state index contributed by atoms with van der Waals surface area (Å²) in [7, 11) is 1.51. The summed E-state index contributed by atoms with van der Waals surface area (Å²) >= 11 is 0. The van der Waals surface area contributed by atoms with Crippen molar-refractivity contribution in [3.63, 3.8) is 0 Å². The highest BCUT2D eigenvalue weighted by Crippen LogP contribution is 2.37. The summed E-state index contributed by atoms with van der Waals surface area (Å²) in [5.74, 6) is -2.91. The average molecular weight is 442 g/mol. The second-order valence-corrected chi connectivity index (χ2v) is 8.09. The van der Waals surface area contributed by atoms with Crippen molar-refractivity contribution in [1.82, 2.24) is 5.32 Å². The Morgan fingerprint density at radius 2 is 1.34 bits per heavy atom. The Labute approximate surface area is 190 Å². The number of phenolic OH excluding ortho intramolecular Hbond substituents is 3. The highest BCUT2D eigenvalue weighted by Gasteiger charge is 2.19. The molecule has 0 fully saturated rings. The zero-order valence-corrected chi connectivity index (χ0v) is 19.0. The Morgan fingerprint density at radius 1 is 0.812 bits per heavy atom. The molecule has 0 bridgehead atoms. The van der Waals surface area contributed by atoms with Gasteiger partial charge in [0.2, 0.25) is 5.78 Å². The summed E-state index contributed by atoms with van der Waals surface area (Å²) in [4.78, 5) is 12.8. The standard InChI is InChI=1S/C26H35NO5/c1-3-4-5-6-7-8-9-10-11-18-12-14-19(15-13-18)24(30)26(32)23(27-2)20-16-21(28)25(31)22(29)17-20/h12-17,27-29,31-32H,3-11H2,1-2H3/b26-23+. The average Bonchev–Trinajstić information content (AvgIpc) is 2.79. The summed E-state index contributed by atoms with van der Waals surface area (Å²) in [6.45, 7) is 2.23. The van der Waals surface area contributed by atoms with Crippen molar-refractivity contribution in [3.05, 3.63) is 58.8 Å². The molecular weight excluding hydrogens is 406 g/mol. The number of hydrogen-bond acceptors (Lipinski definition) is 6. The molecule has 0 atom stereocenters. The van der Waals surface area contributed by atoms with E-state index in [0.29, 0.717) is 5.56 Å². The highest BCUT2D eigenvalue weighted by atomic mass is 16.3. The molecule has 0 aliphatic heterocycles. The van der Waals surface area contributed by atoms with Crippen LogP contribution in [0.5, 0.6) is 17.2 Å². The molecule has 2 rings (SSSR count). The number of carbonyl (C=O) groups excluding carboxylic acids is 1. The number of ketones is 1. The molecule has 2 aromatic rings. The molecule has 0 spiro atoms. The molecule has 2 aromatic carbocycles. The number of aliphatic hydroxyl groups is 1. The van der Waals surface area contributed by atoms with E-state index in [1.165, 1.54) is 52.0 Å². The number of Topliss-reactive ketones (excluding diaryl/α,β-unsaturated/α-hetero) is 1. The van der Waals surface area contributed by atoms with E-state index in [2.05, 4.69) is 12.2 Å². The molecule has 32 heavy (non-hydrogen) atoms. The number of rotatable bonds is 13. The maximum atomic E-state index is 12.8. The van der Waals surface area contributed by atoms with Crippen molar-refractivity contribution in [2.45, 2.75) is 64.7 Å². The van der Waals surface area contributed by atoms with Crippen molar-refractivity contribution in [3.8, 4) is 17.2 Å². The van der Waals surface area contributed by atoms with Gasteiger partial charge in [0.05, 0.1) is 5.70 Å². The van der Waals surface area contributed by atoms with Gasteiger partial charge in [-0.25, -0.2) is 0 Å². The van der Waals surface area contributed by atoms with E-state index in [4.69, 9.17) is 0 Å². The highest BCUT2D eigenvalue weighted by molar-refractivity contribution is 6.11. The number of aromatic hydroxyl groups is 3. The molecule has 174 valence electrons.